The fourth-order valence-electron chi connectivity index (χ4n) is 2.34. The third kappa shape index (κ3) is 3.25. The Labute approximate surface area is 122 Å². The van der Waals surface area contributed by atoms with Crippen LogP contribution in [0, 0.1) is 17.0 Å². The summed E-state index contributed by atoms with van der Waals surface area (Å²) in [6.07, 6.45) is 0.229. The highest BCUT2D eigenvalue weighted by molar-refractivity contribution is 5.76. The van der Waals surface area contributed by atoms with Crippen molar-refractivity contribution in [2.75, 3.05) is 0 Å². The quantitative estimate of drug-likeness (QED) is 0.675. The molecule has 0 saturated heterocycles. The van der Waals surface area contributed by atoms with E-state index < -0.39 is 16.8 Å². The summed E-state index contributed by atoms with van der Waals surface area (Å²) in [4.78, 5) is 22.0. The predicted octanol–water partition coefficient (Wildman–Crippen LogP) is 3.31. The average Bonchev–Trinajstić information content (AvgIpc) is 2.46. The molecule has 2 rings (SSSR count). The monoisotopic (exact) mass is 285 g/mol. The number of hydrogen-bond donors (Lipinski definition) is 1. The molecule has 0 radical (unpaired) electrons. The number of nitro benzene ring substituents is 1. The molecule has 0 heterocycles. The molecule has 5 nitrogen and oxygen atoms in total. The van der Waals surface area contributed by atoms with E-state index in [2.05, 4.69) is 0 Å². The fourth-order valence-corrected chi connectivity index (χ4v) is 2.34. The van der Waals surface area contributed by atoms with Crippen LogP contribution in [0.5, 0.6) is 0 Å². The number of rotatable bonds is 5. The zero-order valence-electron chi connectivity index (χ0n) is 11.5. The average molecular weight is 285 g/mol. The minimum Gasteiger partial charge on any atom is -0.481 e. The van der Waals surface area contributed by atoms with E-state index in [-0.39, 0.29) is 12.1 Å². The Morgan fingerprint density at radius 2 is 1.86 bits per heavy atom. The van der Waals surface area contributed by atoms with Crippen LogP contribution in [0.2, 0.25) is 0 Å². The summed E-state index contributed by atoms with van der Waals surface area (Å²) in [6.45, 7) is 1.65. The summed E-state index contributed by atoms with van der Waals surface area (Å²) in [5.74, 6) is -1.65. The molecule has 0 aromatic heterocycles. The molecule has 0 aliphatic rings. The first-order valence-electron chi connectivity index (χ1n) is 6.51. The van der Waals surface area contributed by atoms with Crippen molar-refractivity contribution in [1.29, 1.82) is 0 Å². The second-order valence-electron chi connectivity index (χ2n) is 4.82. The van der Waals surface area contributed by atoms with Crippen molar-refractivity contribution in [2.45, 2.75) is 19.3 Å². The van der Waals surface area contributed by atoms with Crippen molar-refractivity contribution in [1.82, 2.24) is 0 Å². The lowest BCUT2D eigenvalue weighted by molar-refractivity contribution is -0.385. The van der Waals surface area contributed by atoms with E-state index in [0.717, 1.165) is 0 Å². The van der Waals surface area contributed by atoms with Gasteiger partial charge in [0.2, 0.25) is 0 Å². The first-order chi connectivity index (χ1) is 10.0. The molecule has 1 atom stereocenters. The van der Waals surface area contributed by atoms with E-state index in [1.807, 2.05) is 6.07 Å². The van der Waals surface area contributed by atoms with Crippen molar-refractivity contribution >= 4 is 11.7 Å². The second kappa shape index (κ2) is 6.17. The molecule has 0 aliphatic heterocycles. The lowest BCUT2D eigenvalue weighted by Gasteiger charge is -2.14. The van der Waals surface area contributed by atoms with Gasteiger partial charge in [0.25, 0.3) is 5.69 Å². The Morgan fingerprint density at radius 1 is 1.19 bits per heavy atom. The predicted molar refractivity (Wildman–Crippen MR) is 78.4 cm³/mol. The highest BCUT2D eigenvalue weighted by Gasteiger charge is 2.23. The van der Waals surface area contributed by atoms with Crippen molar-refractivity contribution in [3.63, 3.8) is 0 Å². The van der Waals surface area contributed by atoms with Crippen LogP contribution in [-0.2, 0) is 11.2 Å². The molecule has 0 fully saturated rings. The maximum Gasteiger partial charge on any atom is 0.311 e. The van der Waals surface area contributed by atoms with Gasteiger partial charge < -0.3 is 5.11 Å². The zero-order valence-corrected chi connectivity index (χ0v) is 11.5. The number of carbonyl (C=O) groups is 1. The maximum absolute atomic E-state index is 11.5. The van der Waals surface area contributed by atoms with Crippen molar-refractivity contribution < 1.29 is 14.8 Å². The number of aliphatic carboxylic acids is 1. The Hall–Kier alpha value is -2.69. The van der Waals surface area contributed by atoms with Crippen LogP contribution < -0.4 is 0 Å². The molecule has 108 valence electrons. The zero-order chi connectivity index (χ0) is 15.4. The summed E-state index contributed by atoms with van der Waals surface area (Å²) >= 11 is 0. The molecular weight excluding hydrogens is 270 g/mol. The molecule has 0 bridgehead atoms. The maximum atomic E-state index is 11.5. The minimum absolute atomic E-state index is 0.0182. The number of benzene rings is 2. The standard InChI is InChI=1S/C16H15NO4/c1-11-13(8-5-9-15(11)17(20)21)10-14(16(18)19)12-6-3-2-4-7-12/h2-9,14H,10H2,1H3,(H,18,19). The number of carboxylic acids is 1. The number of hydrogen-bond acceptors (Lipinski definition) is 3. The van der Waals surface area contributed by atoms with Gasteiger partial charge in [-0.05, 0) is 24.5 Å². The topological polar surface area (TPSA) is 80.4 Å². The van der Waals surface area contributed by atoms with Crippen LogP contribution in [0.25, 0.3) is 0 Å². The van der Waals surface area contributed by atoms with Gasteiger partial charge >= 0.3 is 5.97 Å². The van der Waals surface area contributed by atoms with Gasteiger partial charge in [-0.3, -0.25) is 14.9 Å². The Morgan fingerprint density at radius 3 is 2.43 bits per heavy atom. The first-order valence-corrected chi connectivity index (χ1v) is 6.51. The number of carboxylic acid groups (broad SMARTS) is 1. The molecular formula is C16H15NO4. The van der Waals surface area contributed by atoms with Gasteiger partial charge in [0.15, 0.2) is 0 Å². The lowest BCUT2D eigenvalue weighted by atomic mass is 9.90. The summed E-state index contributed by atoms with van der Waals surface area (Å²) < 4.78 is 0. The third-order valence-electron chi connectivity index (χ3n) is 3.54. The molecule has 21 heavy (non-hydrogen) atoms. The van der Waals surface area contributed by atoms with Crippen LogP contribution in [0.4, 0.5) is 5.69 Å². The molecule has 2 aromatic rings. The fraction of sp³-hybridized carbons (Fsp3) is 0.188. The summed E-state index contributed by atoms with van der Waals surface area (Å²) in [7, 11) is 0. The van der Waals surface area contributed by atoms with Gasteiger partial charge in [0, 0.05) is 11.6 Å². The minimum atomic E-state index is -0.938. The molecule has 0 aliphatic carbocycles. The van der Waals surface area contributed by atoms with E-state index >= 15 is 0 Å². The largest absolute Gasteiger partial charge is 0.481 e. The molecule has 1 unspecified atom stereocenters. The summed E-state index contributed by atoms with van der Waals surface area (Å²) in [6, 6.07) is 13.7. The Bertz CT molecular complexity index is 667. The highest BCUT2D eigenvalue weighted by atomic mass is 16.6. The molecule has 0 saturated carbocycles. The van der Waals surface area contributed by atoms with E-state index in [9.17, 15) is 20.0 Å². The Kier molecular flexibility index (Phi) is 4.33. The normalized spacial score (nSPS) is 11.9. The lowest BCUT2D eigenvalue weighted by Crippen LogP contribution is -2.15. The molecule has 2 aromatic carbocycles. The van der Waals surface area contributed by atoms with Crippen molar-refractivity contribution in [3.8, 4) is 0 Å². The van der Waals surface area contributed by atoms with Crippen LogP contribution in [-0.4, -0.2) is 16.0 Å². The third-order valence-corrected chi connectivity index (χ3v) is 3.54. The van der Waals surface area contributed by atoms with Gasteiger partial charge in [0.05, 0.1) is 10.8 Å². The molecule has 0 amide bonds. The van der Waals surface area contributed by atoms with Gasteiger partial charge in [-0.2, -0.15) is 0 Å². The second-order valence-corrected chi connectivity index (χ2v) is 4.82. The summed E-state index contributed by atoms with van der Waals surface area (Å²) in [5.41, 5.74) is 1.91. The molecule has 5 heteroatoms. The van der Waals surface area contributed by atoms with E-state index in [0.29, 0.717) is 16.7 Å². The molecule has 1 N–H and O–H groups in total. The summed E-state index contributed by atoms with van der Waals surface area (Å²) in [5, 5.41) is 20.4. The van der Waals surface area contributed by atoms with Crippen LogP contribution in [0.3, 0.4) is 0 Å². The van der Waals surface area contributed by atoms with Crippen LogP contribution >= 0.6 is 0 Å². The first kappa shape index (κ1) is 14.7. The smallest absolute Gasteiger partial charge is 0.311 e. The van der Waals surface area contributed by atoms with E-state index in [1.54, 1.807) is 43.3 Å². The van der Waals surface area contributed by atoms with E-state index in [1.165, 1.54) is 6.07 Å². The molecule has 0 spiro atoms. The van der Waals surface area contributed by atoms with Gasteiger partial charge in [-0.25, -0.2) is 0 Å². The Balaban J connectivity index is 2.37. The highest BCUT2D eigenvalue weighted by Crippen LogP contribution is 2.27. The van der Waals surface area contributed by atoms with Crippen molar-refractivity contribution in [2.24, 2.45) is 0 Å². The van der Waals surface area contributed by atoms with Gasteiger partial charge in [0.1, 0.15) is 0 Å². The van der Waals surface area contributed by atoms with Crippen LogP contribution in [0.15, 0.2) is 48.5 Å². The van der Waals surface area contributed by atoms with Gasteiger partial charge in [-0.15, -0.1) is 0 Å². The van der Waals surface area contributed by atoms with Crippen LogP contribution in [0.1, 0.15) is 22.6 Å². The van der Waals surface area contributed by atoms with Gasteiger partial charge in [-0.1, -0.05) is 42.5 Å². The van der Waals surface area contributed by atoms with Crippen molar-refractivity contribution in [3.05, 3.63) is 75.3 Å². The number of nitro groups is 1. The SMILES string of the molecule is Cc1c(CC(C(=O)O)c2ccccc2)cccc1[N+](=O)[O-]. The number of nitrogens with zero attached hydrogens (tertiary/aromatic N) is 1. The van der Waals surface area contributed by atoms with E-state index in [4.69, 9.17) is 0 Å².